The van der Waals surface area contributed by atoms with Crippen molar-refractivity contribution in [2.24, 2.45) is 0 Å². The summed E-state index contributed by atoms with van der Waals surface area (Å²) in [5.41, 5.74) is 3.41. The molecule has 0 bridgehead atoms. The van der Waals surface area contributed by atoms with Gasteiger partial charge < -0.3 is 9.30 Å². The Hall–Kier alpha value is -1.52. The maximum absolute atomic E-state index is 5.91. The van der Waals surface area contributed by atoms with Gasteiger partial charge in [0.1, 0.15) is 18.2 Å². The third-order valence-corrected chi connectivity index (χ3v) is 4.57. The first kappa shape index (κ1) is 16.3. The number of halogens is 2. The second-order valence-corrected chi connectivity index (χ2v) is 6.64. The third-order valence-electron chi connectivity index (χ3n) is 3.76. The number of fused-ring (bicyclic) bond motifs is 1. The Morgan fingerprint density at radius 1 is 1.17 bits per heavy atom. The Bertz CT molecular complexity index is 799. The SMILES string of the molecule is Cc1cccc2c1nc(COc1ccc(Cl)cc1)n2CCCBr. The van der Waals surface area contributed by atoms with Crippen LogP contribution in [0.25, 0.3) is 11.0 Å². The second kappa shape index (κ2) is 7.37. The van der Waals surface area contributed by atoms with Crippen molar-refractivity contribution in [2.75, 3.05) is 5.33 Å². The second-order valence-electron chi connectivity index (χ2n) is 5.41. The van der Waals surface area contributed by atoms with Crippen molar-refractivity contribution < 1.29 is 4.74 Å². The minimum absolute atomic E-state index is 0.442. The number of benzene rings is 2. The van der Waals surface area contributed by atoms with Gasteiger partial charge in [-0.3, -0.25) is 0 Å². The minimum Gasteiger partial charge on any atom is -0.486 e. The van der Waals surface area contributed by atoms with Crippen molar-refractivity contribution in [3.8, 4) is 5.75 Å². The number of alkyl halides is 1. The van der Waals surface area contributed by atoms with Gasteiger partial charge in [-0.25, -0.2) is 4.98 Å². The smallest absolute Gasteiger partial charge is 0.148 e. The molecule has 0 aliphatic carbocycles. The number of rotatable bonds is 6. The average molecular weight is 394 g/mol. The van der Waals surface area contributed by atoms with E-state index < -0.39 is 0 Å². The van der Waals surface area contributed by atoms with E-state index in [2.05, 4.69) is 45.6 Å². The Morgan fingerprint density at radius 2 is 1.96 bits per heavy atom. The van der Waals surface area contributed by atoms with E-state index in [4.69, 9.17) is 21.3 Å². The lowest BCUT2D eigenvalue weighted by Crippen LogP contribution is -2.08. The summed E-state index contributed by atoms with van der Waals surface area (Å²) in [6.45, 7) is 3.45. The van der Waals surface area contributed by atoms with Gasteiger partial charge in [0.05, 0.1) is 11.0 Å². The molecule has 1 aromatic heterocycles. The molecule has 3 rings (SSSR count). The fourth-order valence-corrected chi connectivity index (χ4v) is 2.97. The molecule has 3 aromatic rings. The van der Waals surface area contributed by atoms with Crippen molar-refractivity contribution in [3.63, 3.8) is 0 Å². The molecule has 0 saturated heterocycles. The Labute approximate surface area is 149 Å². The summed E-state index contributed by atoms with van der Waals surface area (Å²) in [4.78, 5) is 4.79. The van der Waals surface area contributed by atoms with Crippen LogP contribution in [-0.4, -0.2) is 14.9 Å². The fourth-order valence-electron chi connectivity index (χ4n) is 2.59. The van der Waals surface area contributed by atoms with Crippen LogP contribution in [0.4, 0.5) is 0 Å². The van der Waals surface area contributed by atoms with Crippen LogP contribution in [-0.2, 0) is 13.2 Å². The van der Waals surface area contributed by atoms with Crippen LogP contribution in [0.5, 0.6) is 5.75 Å². The molecule has 3 nitrogen and oxygen atoms in total. The molecule has 0 aliphatic heterocycles. The van der Waals surface area contributed by atoms with E-state index in [0.717, 1.165) is 35.4 Å². The van der Waals surface area contributed by atoms with Gasteiger partial charge in [-0.05, 0) is 49.2 Å². The highest BCUT2D eigenvalue weighted by molar-refractivity contribution is 9.09. The lowest BCUT2D eigenvalue weighted by molar-refractivity contribution is 0.290. The number of aromatic nitrogens is 2. The Morgan fingerprint density at radius 3 is 2.70 bits per heavy atom. The van der Waals surface area contributed by atoms with E-state index in [1.54, 1.807) is 0 Å². The van der Waals surface area contributed by atoms with Crippen LogP contribution < -0.4 is 4.74 Å². The molecule has 5 heteroatoms. The molecule has 0 unspecified atom stereocenters. The molecule has 0 fully saturated rings. The fraction of sp³-hybridized carbons (Fsp3) is 0.278. The van der Waals surface area contributed by atoms with Crippen LogP contribution in [0, 0.1) is 6.92 Å². The average Bonchev–Trinajstić information content (AvgIpc) is 2.91. The van der Waals surface area contributed by atoms with Gasteiger partial charge in [0.15, 0.2) is 0 Å². The van der Waals surface area contributed by atoms with Crippen LogP contribution in [0.1, 0.15) is 17.8 Å². The van der Waals surface area contributed by atoms with Crippen molar-refractivity contribution in [1.82, 2.24) is 9.55 Å². The minimum atomic E-state index is 0.442. The number of aryl methyl sites for hydroxylation is 2. The van der Waals surface area contributed by atoms with Gasteiger partial charge in [-0.2, -0.15) is 0 Å². The zero-order chi connectivity index (χ0) is 16.2. The standard InChI is InChI=1S/C18H18BrClN2O/c1-13-4-2-5-16-18(13)21-17(22(16)11-3-10-19)12-23-15-8-6-14(20)7-9-15/h2,4-9H,3,10-12H2,1H3. The zero-order valence-electron chi connectivity index (χ0n) is 12.9. The summed E-state index contributed by atoms with van der Waals surface area (Å²) < 4.78 is 8.13. The van der Waals surface area contributed by atoms with Crippen molar-refractivity contribution in [2.45, 2.75) is 26.5 Å². The van der Waals surface area contributed by atoms with Crippen molar-refractivity contribution in [3.05, 3.63) is 58.9 Å². The first-order valence-electron chi connectivity index (χ1n) is 7.58. The van der Waals surface area contributed by atoms with Gasteiger partial charge >= 0.3 is 0 Å². The number of hydrogen-bond acceptors (Lipinski definition) is 2. The molecule has 2 aromatic carbocycles. The maximum Gasteiger partial charge on any atom is 0.148 e. The molecule has 0 atom stereocenters. The van der Waals surface area contributed by atoms with Crippen LogP contribution in [0.3, 0.4) is 0 Å². The van der Waals surface area contributed by atoms with E-state index in [1.807, 2.05) is 24.3 Å². The first-order chi connectivity index (χ1) is 11.2. The normalized spacial score (nSPS) is 11.1. The van der Waals surface area contributed by atoms with Gasteiger partial charge in [0, 0.05) is 16.9 Å². The zero-order valence-corrected chi connectivity index (χ0v) is 15.3. The van der Waals surface area contributed by atoms with Crippen LogP contribution >= 0.6 is 27.5 Å². The summed E-state index contributed by atoms with van der Waals surface area (Å²) in [7, 11) is 0. The summed E-state index contributed by atoms with van der Waals surface area (Å²) in [6.07, 6.45) is 1.05. The third kappa shape index (κ3) is 3.70. The van der Waals surface area contributed by atoms with Gasteiger partial charge in [-0.1, -0.05) is 39.7 Å². The number of hydrogen-bond donors (Lipinski definition) is 0. The number of para-hydroxylation sites is 1. The highest BCUT2D eigenvalue weighted by atomic mass is 79.9. The number of imidazole rings is 1. The molecule has 23 heavy (non-hydrogen) atoms. The van der Waals surface area contributed by atoms with Crippen molar-refractivity contribution >= 4 is 38.6 Å². The molecule has 0 N–H and O–H groups in total. The quantitative estimate of drug-likeness (QED) is 0.527. The molecular formula is C18H18BrClN2O. The molecule has 0 aliphatic rings. The lowest BCUT2D eigenvalue weighted by Gasteiger charge is -2.10. The molecule has 120 valence electrons. The summed E-state index contributed by atoms with van der Waals surface area (Å²) in [5.74, 6) is 1.75. The van der Waals surface area contributed by atoms with Crippen LogP contribution in [0.15, 0.2) is 42.5 Å². The number of nitrogens with zero attached hydrogens (tertiary/aromatic N) is 2. The molecule has 0 radical (unpaired) electrons. The largest absolute Gasteiger partial charge is 0.486 e. The van der Waals surface area contributed by atoms with Gasteiger partial charge in [-0.15, -0.1) is 0 Å². The molecule has 0 amide bonds. The van der Waals surface area contributed by atoms with E-state index in [0.29, 0.717) is 11.6 Å². The van der Waals surface area contributed by atoms with E-state index in [9.17, 15) is 0 Å². The summed E-state index contributed by atoms with van der Waals surface area (Å²) in [5, 5.41) is 1.67. The predicted molar refractivity (Wildman–Crippen MR) is 98.7 cm³/mol. The number of ether oxygens (including phenoxy) is 1. The Kier molecular flexibility index (Phi) is 5.23. The molecule has 0 saturated carbocycles. The summed E-state index contributed by atoms with van der Waals surface area (Å²) in [6, 6.07) is 13.7. The first-order valence-corrected chi connectivity index (χ1v) is 9.08. The van der Waals surface area contributed by atoms with Gasteiger partial charge in [0.2, 0.25) is 0 Å². The highest BCUT2D eigenvalue weighted by Gasteiger charge is 2.12. The Balaban J connectivity index is 1.89. The van der Waals surface area contributed by atoms with E-state index in [-0.39, 0.29) is 0 Å². The predicted octanol–water partition coefficient (Wildman–Crippen LogP) is 5.36. The summed E-state index contributed by atoms with van der Waals surface area (Å²) >= 11 is 9.41. The van der Waals surface area contributed by atoms with E-state index in [1.165, 1.54) is 11.1 Å². The maximum atomic E-state index is 5.91. The van der Waals surface area contributed by atoms with E-state index >= 15 is 0 Å². The van der Waals surface area contributed by atoms with Gasteiger partial charge in [0.25, 0.3) is 0 Å². The van der Waals surface area contributed by atoms with Crippen LogP contribution in [0.2, 0.25) is 5.02 Å². The van der Waals surface area contributed by atoms with Crippen molar-refractivity contribution in [1.29, 1.82) is 0 Å². The monoisotopic (exact) mass is 392 g/mol. The molecule has 1 heterocycles. The molecular weight excluding hydrogens is 376 g/mol. The molecule has 0 spiro atoms. The topological polar surface area (TPSA) is 27.1 Å². The lowest BCUT2D eigenvalue weighted by atomic mass is 10.2. The highest BCUT2D eigenvalue weighted by Crippen LogP contribution is 2.22.